The molecule has 0 radical (unpaired) electrons. The summed E-state index contributed by atoms with van der Waals surface area (Å²) < 4.78 is 23.4. The van der Waals surface area contributed by atoms with Crippen molar-refractivity contribution in [2.75, 3.05) is 25.6 Å². The van der Waals surface area contributed by atoms with Gasteiger partial charge in [0.2, 0.25) is 0 Å². The Kier molecular flexibility index (Phi) is 17.8. The zero-order valence-corrected chi connectivity index (χ0v) is 34.9. The van der Waals surface area contributed by atoms with Crippen molar-refractivity contribution in [3.05, 3.63) is 90.5 Å². The van der Waals surface area contributed by atoms with Gasteiger partial charge in [-0.3, -0.25) is 9.59 Å². The third kappa shape index (κ3) is 13.5. The number of aromatic nitrogens is 1. The molecular weight excluding hydrogens is 751 g/mol. The molecule has 0 spiro atoms. The molecule has 4 aromatic rings. The van der Waals surface area contributed by atoms with E-state index in [4.69, 9.17) is 24.4 Å². The van der Waals surface area contributed by atoms with Crippen LogP contribution in [0.3, 0.4) is 0 Å². The van der Waals surface area contributed by atoms with Crippen molar-refractivity contribution < 1.29 is 33.3 Å². The average Bonchev–Trinajstić information content (AvgIpc) is 3.69. The number of nitrogens with one attached hydrogen (secondary N) is 2. The van der Waals surface area contributed by atoms with Gasteiger partial charge in [0.05, 0.1) is 35.3 Å². The molecule has 3 aromatic carbocycles. The van der Waals surface area contributed by atoms with Gasteiger partial charge in [-0.25, -0.2) is 9.78 Å². The molecule has 58 heavy (non-hydrogen) atoms. The highest BCUT2D eigenvalue weighted by atomic mass is 32.1. The van der Waals surface area contributed by atoms with Crippen LogP contribution in [0.4, 0.5) is 5.13 Å². The van der Waals surface area contributed by atoms with Crippen LogP contribution in [0.25, 0.3) is 10.2 Å². The lowest BCUT2D eigenvalue weighted by Gasteiger charge is -2.29. The number of carbonyl (C=O) groups excluding carboxylic acids is 3. The van der Waals surface area contributed by atoms with Crippen LogP contribution in [-0.2, 0) is 19.1 Å². The first-order valence-electron chi connectivity index (χ1n) is 20.9. The Morgan fingerprint density at radius 2 is 1.48 bits per heavy atom. The number of anilines is 1. The normalized spacial score (nSPS) is 18.9. The van der Waals surface area contributed by atoms with Gasteiger partial charge in [0, 0.05) is 24.9 Å². The number of para-hydroxylation sites is 1. The molecule has 0 unspecified atom stereocenters. The molecule has 6 rings (SSSR count). The summed E-state index contributed by atoms with van der Waals surface area (Å²) >= 11 is 1.68. The van der Waals surface area contributed by atoms with Gasteiger partial charge in [-0.2, -0.15) is 0 Å². The average molecular weight is 810 g/mol. The molecule has 0 saturated heterocycles. The van der Waals surface area contributed by atoms with Crippen LogP contribution in [0.1, 0.15) is 114 Å². The molecule has 2 aliphatic carbocycles. The van der Waals surface area contributed by atoms with E-state index in [0.717, 1.165) is 42.2 Å². The number of hydrogen-bond donors (Lipinski definition) is 2. The summed E-state index contributed by atoms with van der Waals surface area (Å²) in [7, 11) is 1.89. The fourth-order valence-electron chi connectivity index (χ4n) is 7.74. The number of fused-ring (bicyclic) bond motifs is 1. The number of thiazole rings is 1. The van der Waals surface area contributed by atoms with Crippen LogP contribution < -0.4 is 19.5 Å². The Balaban J connectivity index is 0.000000496. The Morgan fingerprint density at radius 3 is 2.12 bits per heavy atom. The van der Waals surface area contributed by atoms with Crippen molar-refractivity contribution in [1.29, 1.82) is 5.41 Å². The molecule has 1 aromatic heterocycles. The molecular formula is C47H59N3O7S. The zero-order valence-electron chi connectivity index (χ0n) is 34.0. The first-order valence-corrected chi connectivity index (χ1v) is 21.7. The lowest BCUT2D eigenvalue weighted by molar-refractivity contribution is -0.145. The molecule has 2 N–H and O–H groups in total. The van der Waals surface area contributed by atoms with E-state index >= 15 is 0 Å². The second-order valence-corrected chi connectivity index (χ2v) is 16.2. The summed E-state index contributed by atoms with van der Waals surface area (Å²) in [6.07, 6.45) is 15.7. The van der Waals surface area contributed by atoms with E-state index in [1.807, 2.05) is 37.4 Å². The summed E-state index contributed by atoms with van der Waals surface area (Å²) in [5.74, 6) is 1.44. The maximum atomic E-state index is 13.1. The molecule has 2 fully saturated rings. The van der Waals surface area contributed by atoms with Crippen molar-refractivity contribution in [3.63, 3.8) is 0 Å². The number of benzene rings is 3. The van der Waals surface area contributed by atoms with Crippen LogP contribution in [0.15, 0.2) is 79.4 Å². The molecule has 0 atom stereocenters. The van der Waals surface area contributed by atoms with Crippen LogP contribution in [0.5, 0.6) is 17.2 Å². The van der Waals surface area contributed by atoms with Crippen LogP contribution in [-0.4, -0.2) is 49.4 Å². The van der Waals surface area contributed by atoms with Gasteiger partial charge >= 0.3 is 17.9 Å². The van der Waals surface area contributed by atoms with Gasteiger partial charge in [-0.15, -0.1) is 0 Å². The molecule has 11 heteroatoms. The Hall–Kier alpha value is -5.03. The Morgan fingerprint density at radius 1 is 0.828 bits per heavy atom. The molecule has 310 valence electrons. The summed E-state index contributed by atoms with van der Waals surface area (Å²) in [5.41, 5.74) is 2.94. The number of hydrogen-bond acceptors (Lipinski definition) is 11. The first kappa shape index (κ1) is 44.1. The third-order valence-electron chi connectivity index (χ3n) is 11.1. The van der Waals surface area contributed by atoms with Gasteiger partial charge in [-0.1, -0.05) is 55.9 Å². The monoisotopic (exact) mass is 809 g/mol. The van der Waals surface area contributed by atoms with E-state index < -0.39 is 5.97 Å². The highest BCUT2D eigenvalue weighted by molar-refractivity contribution is 7.22. The van der Waals surface area contributed by atoms with Crippen molar-refractivity contribution in [1.82, 2.24) is 4.98 Å². The topological polar surface area (TPSA) is 137 Å². The van der Waals surface area contributed by atoms with Crippen molar-refractivity contribution in [2.24, 2.45) is 17.8 Å². The van der Waals surface area contributed by atoms with E-state index in [0.29, 0.717) is 67.6 Å². The van der Waals surface area contributed by atoms with E-state index in [1.54, 1.807) is 35.6 Å². The van der Waals surface area contributed by atoms with Gasteiger partial charge in [-0.05, 0) is 143 Å². The number of esters is 3. The van der Waals surface area contributed by atoms with Crippen LogP contribution in [0, 0.1) is 23.2 Å². The summed E-state index contributed by atoms with van der Waals surface area (Å²) in [5, 5.41) is 11.9. The lowest BCUT2D eigenvalue weighted by atomic mass is 9.77. The molecule has 0 amide bonds. The molecule has 2 saturated carbocycles. The number of ether oxygens (including phenoxy) is 4. The van der Waals surface area contributed by atoms with E-state index in [-0.39, 0.29) is 23.8 Å². The fourth-order valence-corrected chi connectivity index (χ4v) is 8.56. The molecule has 10 nitrogen and oxygen atoms in total. The van der Waals surface area contributed by atoms with Gasteiger partial charge < -0.3 is 29.7 Å². The predicted octanol–water partition coefficient (Wildman–Crippen LogP) is 11.1. The number of unbranched alkanes of at least 4 members (excludes halogenated alkanes) is 3. The highest BCUT2D eigenvalue weighted by Crippen LogP contribution is 2.39. The molecule has 1 heterocycles. The number of nitrogens with zero attached hydrogens (tertiary/aromatic N) is 1. The molecule has 0 bridgehead atoms. The quantitative estimate of drug-likeness (QED) is 0.0331. The van der Waals surface area contributed by atoms with Crippen molar-refractivity contribution in [3.8, 4) is 17.2 Å². The smallest absolute Gasteiger partial charge is 0.330 e. The SMILES string of the molecule is C=CC(=O)OCCCCCCOc1ccc(OC(=O)C2CCC(C(=O)Oc3ccc(C4CCC(CCC)CC4)cc3C=N)CC2)cc1.CNc1nc2ccccc2s1. The van der Waals surface area contributed by atoms with Gasteiger partial charge in [0.25, 0.3) is 0 Å². The predicted molar refractivity (Wildman–Crippen MR) is 231 cm³/mol. The van der Waals surface area contributed by atoms with E-state index in [9.17, 15) is 14.4 Å². The second-order valence-electron chi connectivity index (χ2n) is 15.2. The zero-order chi connectivity index (χ0) is 41.1. The minimum atomic E-state index is -0.391. The Bertz CT molecular complexity index is 1900. The van der Waals surface area contributed by atoms with Crippen molar-refractivity contribution >= 4 is 50.8 Å². The fraction of sp³-hybridized carbons (Fsp3) is 0.468. The summed E-state index contributed by atoms with van der Waals surface area (Å²) in [6, 6.07) is 21.1. The summed E-state index contributed by atoms with van der Waals surface area (Å²) in [6.45, 7) is 6.61. The van der Waals surface area contributed by atoms with Crippen LogP contribution >= 0.6 is 11.3 Å². The van der Waals surface area contributed by atoms with E-state index in [1.165, 1.54) is 61.1 Å². The largest absolute Gasteiger partial charge is 0.494 e. The van der Waals surface area contributed by atoms with Gasteiger partial charge in [0.15, 0.2) is 5.13 Å². The maximum Gasteiger partial charge on any atom is 0.330 e. The molecule has 2 aliphatic rings. The van der Waals surface area contributed by atoms with E-state index in [2.05, 4.69) is 35.9 Å². The number of carbonyl (C=O) groups is 3. The Labute approximate surface area is 347 Å². The van der Waals surface area contributed by atoms with Gasteiger partial charge in [0.1, 0.15) is 17.2 Å². The minimum Gasteiger partial charge on any atom is -0.494 e. The van der Waals surface area contributed by atoms with Crippen molar-refractivity contribution in [2.45, 2.75) is 103 Å². The van der Waals surface area contributed by atoms with Crippen LogP contribution in [0.2, 0.25) is 0 Å². The standard InChI is InChI=1S/C39H51NO7.C8H8N2S/c1-3-9-28-10-12-29(13-11-28)32-18-23-36(33(26-32)27-40)47-39(43)31-16-14-30(15-17-31)38(42)46-35-21-19-34(20-22-35)44-24-7-5-6-8-25-45-37(41)4-2;1-9-8-10-6-4-2-3-5-7(6)11-8/h4,18-23,26-31,40H,2-3,5-17,24-25H2,1H3;2-5H,1H3,(H,9,10). The number of rotatable bonds is 18. The first-order chi connectivity index (χ1) is 28.3. The molecule has 0 aliphatic heterocycles. The maximum absolute atomic E-state index is 13.1. The summed E-state index contributed by atoms with van der Waals surface area (Å²) in [4.78, 5) is 41.3. The highest BCUT2D eigenvalue weighted by Gasteiger charge is 2.32. The second kappa shape index (κ2) is 23.4. The third-order valence-corrected chi connectivity index (χ3v) is 12.1. The minimum absolute atomic E-state index is 0.265. The lowest BCUT2D eigenvalue weighted by Crippen LogP contribution is -2.30.